The molecule has 0 nitrogen and oxygen atoms in total. The fourth-order valence-corrected chi connectivity index (χ4v) is 0.754. The fraction of sp³-hybridized carbons (Fsp3) is 0.222. The van der Waals surface area contributed by atoms with Gasteiger partial charge in [-0.1, -0.05) is 13.0 Å². The second kappa shape index (κ2) is 11.5. The van der Waals surface area contributed by atoms with Gasteiger partial charge < -0.3 is 24.8 Å². The number of hydrogen-bond donors (Lipinski definition) is 0. The molecule has 0 aliphatic heterocycles. The number of halogens is 2. The normalized spacial score (nSPS) is 8.08. The summed E-state index contributed by atoms with van der Waals surface area (Å²) in [6, 6.07) is 8.31. The van der Waals surface area contributed by atoms with Crippen molar-refractivity contribution in [2.45, 2.75) is 13.3 Å². The molecule has 3 heteroatoms. The summed E-state index contributed by atoms with van der Waals surface area (Å²) in [7, 11) is 0. The molecule has 1 aromatic carbocycles. The molecule has 0 atom stereocenters. The molecule has 1 aromatic rings. The zero-order valence-corrected chi connectivity index (χ0v) is 12.0. The molecular weight excluding hydrogens is 357 g/mol. The molecule has 0 spiro atoms. The van der Waals surface area contributed by atoms with Crippen LogP contribution in [0.25, 0.3) is 6.08 Å². The molecule has 0 radical (unpaired) electrons. The summed E-state index contributed by atoms with van der Waals surface area (Å²) >= 11 is 0. The van der Waals surface area contributed by atoms with Gasteiger partial charge in [-0.2, -0.15) is 23.8 Å². The summed E-state index contributed by atoms with van der Waals surface area (Å²) in [5.74, 6) is 0. The number of allylic oxidation sites excluding steroid dienone is 1. The number of rotatable bonds is 2. The molecule has 0 aliphatic rings. The Balaban J connectivity index is -0.000000270. The van der Waals surface area contributed by atoms with Crippen LogP contribution in [0.15, 0.2) is 30.3 Å². The van der Waals surface area contributed by atoms with Gasteiger partial charge in [0.05, 0.1) is 0 Å². The first kappa shape index (κ1) is 18.3. The van der Waals surface area contributed by atoms with Crippen LogP contribution >= 0.6 is 0 Å². The van der Waals surface area contributed by atoms with Crippen molar-refractivity contribution in [1.29, 1.82) is 0 Å². The van der Waals surface area contributed by atoms with Gasteiger partial charge in [-0.15, -0.1) is 6.08 Å². The Morgan fingerprint density at radius 1 is 1.42 bits per heavy atom. The monoisotopic (exact) mass is 369 g/mol. The van der Waals surface area contributed by atoms with E-state index in [2.05, 4.69) is 43.3 Å². The van der Waals surface area contributed by atoms with Crippen molar-refractivity contribution in [3.05, 3.63) is 35.9 Å². The van der Waals surface area contributed by atoms with Gasteiger partial charge in [-0.05, 0) is 6.42 Å². The largest absolute Gasteiger partial charge is 1.00 e. The average Bonchev–Trinajstić information content (AvgIpc) is 2.34. The molecule has 12 heavy (non-hydrogen) atoms. The zero-order valence-electron chi connectivity index (χ0n) is 6.93. The van der Waals surface area contributed by atoms with Crippen molar-refractivity contribution in [3.8, 4) is 0 Å². The maximum atomic E-state index is 2.16. The van der Waals surface area contributed by atoms with Crippen molar-refractivity contribution in [2.24, 2.45) is 0 Å². The van der Waals surface area contributed by atoms with Crippen molar-refractivity contribution < 1.29 is 50.7 Å². The van der Waals surface area contributed by atoms with Crippen LogP contribution in [-0.2, 0) is 25.8 Å². The van der Waals surface area contributed by atoms with Gasteiger partial charge in [0.25, 0.3) is 0 Å². The van der Waals surface area contributed by atoms with E-state index < -0.39 is 0 Å². The minimum absolute atomic E-state index is 0. The molecule has 0 unspecified atom stereocenters. The van der Waals surface area contributed by atoms with Gasteiger partial charge >= 0.3 is 0 Å². The summed E-state index contributed by atoms with van der Waals surface area (Å²) in [6.45, 7) is 2.14. The summed E-state index contributed by atoms with van der Waals surface area (Å²) in [5.41, 5.74) is 1.30. The van der Waals surface area contributed by atoms with Crippen LogP contribution < -0.4 is 24.8 Å². The molecule has 0 amide bonds. The van der Waals surface area contributed by atoms with Crippen LogP contribution in [0.1, 0.15) is 18.9 Å². The molecule has 0 bridgehead atoms. The first-order chi connectivity index (χ1) is 4.43. The standard InChI is InChI=1S/C9H11.2ClH.Hf/c1-2-3-6-9-7-4-5-8-9;;;/h3-8H,2H2,1H3;2*1H;/q-1;;;/p-2. The van der Waals surface area contributed by atoms with E-state index in [1.165, 1.54) is 5.56 Å². The third kappa shape index (κ3) is 7.20. The molecule has 0 fully saturated rings. The Morgan fingerprint density at radius 2 is 2.08 bits per heavy atom. The maximum Gasteiger partial charge on any atom is 0 e. The van der Waals surface area contributed by atoms with Crippen LogP contribution in [-0.4, -0.2) is 0 Å². The van der Waals surface area contributed by atoms with E-state index in [4.69, 9.17) is 0 Å². The number of hydrogen-bond acceptors (Lipinski definition) is 0. The SMILES string of the molecule is CCC=Cc1cc[cH-]c1.[Cl-].[Cl-].[Hf]. The smallest absolute Gasteiger partial charge is 0 e. The molecule has 1 rings (SSSR count). The molecule has 0 N–H and O–H groups in total. The van der Waals surface area contributed by atoms with E-state index >= 15 is 0 Å². The van der Waals surface area contributed by atoms with Crippen molar-refractivity contribution in [1.82, 2.24) is 0 Å². The Morgan fingerprint density at radius 3 is 2.50 bits per heavy atom. The van der Waals surface area contributed by atoms with Crippen LogP contribution in [0.4, 0.5) is 0 Å². The van der Waals surface area contributed by atoms with Crippen molar-refractivity contribution >= 4 is 6.08 Å². The molecule has 0 heterocycles. The van der Waals surface area contributed by atoms with E-state index in [0.29, 0.717) is 0 Å². The fourth-order valence-electron chi connectivity index (χ4n) is 0.754. The van der Waals surface area contributed by atoms with E-state index in [1.54, 1.807) is 0 Å². The molecule has 0 saturated heterocycles. The van der Waals surface area contributed by atoms with E-state index in [0.717, 1.165) is 6.42 Å². The van der Waals surface area contributed by atoms with Gasteiger partial charge in [0, 0.05) is 25.8 Å². The molecule has 0 aliphatic carbocycles. The summed E-state index contributed by atoms with van der Waals surface area (Å²) < 4.78 is 0. The maximum absolute atomic E-state index is 2.16. The molecule has 68 valence electrons. The van der Waals surface area contributed by atoms with Gasteiger partial charge in [-0.3, -0.25) is 0 Å². The second-order valence-corrected chi connectivity index (χ2v) is 2.03. The van der Waals surface area contributed by atoms with Crippen molar-refractivity contribution in [3.63, 3.8) is 0 Å². The van der Waals surface area contributed by atoms with Crippen molar-refractivity contribution in [2.75, 3.05) is 0 Å². The zero-order chi connectivity index (χ0) is 6.53. The van der Waals surface area contributed by atoms with Gasteiger partial charge in [0.1, 0.15) is 0 Å². The summed E-state index contributed by atoms with van der Waals surface area (Å²) in [6.07, 6.45) is 5.42. The first-order valence-electron chi connectivity index (χ1n) is 3.31. The molecule has 0 saturated carbocycles. The van der Waals surface area contributed by atoms with Crippen LogP contribution in [0.5, 0.6) is 0 Å². The topological polar surface area (TPSA) is 0 Å². The van der Waals surface area contributed by atoms with Gasteiger partial charge in [0.2, 0.25) is 0 Å². The molecule has 0 aromatic heterocycles. The van der Waals surface area contributed by atoms with E-state index in [9.17, 15) is 0 Å². The minimum atomic E-state index is 0. The van der Waals surface area contributed by atoms with Gasteiger partial charge in [0.15, 0.2) is 0 Å². The third-order valence-electron chi connectivity index (χ3n) is 1.23. The summed E-state index contributed by atoms with van der Waals surface area (Å²) in [4.78, 5) is 0. The quantitative estimate of drug-likeness (QED) is 0.382. The van der Waals surface area contributed by atoms with Crippen LogP contribution in [0.2, 0.25) is 0 Å². The predicted octanol–water partition coefficient (Wildman–Crippen LogP) is -3.17. The van der Waals surface area contributed by atoms with Crippen LogP contribution in [0, 0.1) is 0 Å². The Labute approximate surface area is 105 Å². The van der Waals surface area contributed by atoms with Crippen LogP contribution in [0.3, 0.4) is 0 Å². The minimum Gasteiger partial charge on any atom is -1.00 e. The third-order valence-corrected chi connectivity index (χ3v) is 1.23. The first-order valence-corrected chi connectivity index (χ1v) is 3.31. The van der Waals surface area contributed by atoms with E-state index in [1.807, 2.05) is 0 Å². The Hall–Kier alpha value is 0.540. The molecular formula is C9H11Cl2Hf-3. The second-order valence-electron chi connectivity index (χ2n) is 2.03. The average molecular weight is 369 g/mol. The van der Waals surface area contributed by atoms with Gasteiger partial charge in [-0.25, -0.2) is 6.07 Å². The van der Waals surface area contributed by atoms with E-state index in [-0.39, 0.29) is 50.7 Å². The predicted molar refractivity (Wildman–Crippen MR) is 41.4 cm³/mol. The Bertz CT molecular complexity index is 180. The Kier molecular flexibility index (Phi) is 17.6. The summed E-state index contributed by atoms with van der Waals surface area (Å²) in [5, 5.41) is 0.